The fraction of sp³-hybridized carbons (Fsp3) is 0.273. The van der Waals surface area contributed by atoms with E-state index < -0.39 is 0 Å². The number of aromatic nitrogens is 2. The van der Waals surface area contributed by atoms with Gasteiger partial charge >= 0.3 is 0 Å². The third kappa shape index (κ3) is 1.82. The molecule has 0 saturated heterocycles. The Labute approximate surface area is 108 Å². The molecular formula is C11H12N4S2. The van der Waals surface area contributed by atoms with Crippen molar-refractivity contribution in [2.75, 3.05) is 5.43 Å². The SMILES string of the molecule is Cc1cscc1-c1nc2c(c(NN)n1)CSC2. The lowest BCUT2D eigenvalue weighted by atomic mass is 10.2. The van der Waals surface area contributed by atoms with Gasteiger partial charge in [0.2, 0.25) is 0 Å². The normalized spacial score (nSPS) is 13.8. The molecule has 0 radical (unpaired) electrons. The number of aryl methyl sites for hydroxylation is 1. The van der Waals surface area contributed by atoms with Gasteiger partial charge in [0.15, 0.2) is 5.82 Å². The highest BCUT2D eigenvalue weighted by atomic mass is 32.2. The first-order chi connectivity index (χ1) is 8.29. The number of rotatable bonds is 2. The first-order valence-corrected chi connectivity index (χ1v) is 7.36. The van der Waals surface area contributed by atoms with Crippen molar-refractivity contribution in [3.05, 3.63) is 27.6 Å². The Morgan fingerprint density at radius 3 is 2.88 bits per heavy atom. The number of hydrazine groups is 1. The topological polar surface area (TPSA) is 63.8 Å². The van der Waals surface area contributed by atoms with Gasteiger partial charge in [-0.25, -0.2) is 15.8 Å². The van der Waals surface area contributed by atoms with Crippen LogP contribution in [0.15, 0.2) is 10.8 Å². The Kier molecular flexibility index (Phi) is 2.78. The largest absolute Gasteiger partial charge is 0.308 e. The summed E-state index contributed by atoms with van der Waals surface area (Å²) in [6, 6.07) is 0. The summed E-state index contributed by atoms with van der Waals surface area (Å²) in [6.07, 6.45) is 0. The van der Waals surface area contributed by atoms with Crippen molar-refractivity contribution in [3.8, 4) is 11.4 Å². The van der Waals surface area contributed by atoms with E-state index in [4.69, 9.17) is 5.84 Å². The molecule has 2 aromatic heterocycles. The molecule has 88 valence electrons. The average molecular weight is 264 g/mol. The number of hydrogen-bond donors (Lipinski definition) is 2. The molecular weight excluding hydrogens is 252 g/mol. The van der Waals surface area contributed by atoms with Gasteiger partial charge in [-0.15, -0.1) is 0 Å². The maximum Gasteiger partial charge on any atom is 0.162 e. The monoisotopic (exact) mass is 264 g/mol. The van der Waals surface area contributed by atoms with E-state index in [-0.39, 0.29) is 0 Å². The van der Waals surface area contributed by atoms with Gasteiger partial charge in [0.25, 0.3) is 0 Å². The predicted molar refractivity (Wildman–Crippen MR) is 72.9 cm³/mol. The Hall–Kier alpha value is -1.11. The molecule has 2 aromatic rings. The first kappa shape index (κ1) is 11.0. The number of nitrogen functional groups attached to an aromatic ring is 1. The van der Waals surface area contributed by atoms with E-state index >= 15 is 0 Å². The fourth-order valence-electron chi connectivity index (χ4n) is 1.88. The van der Waals surface area contributed by atoms with Gasteiger partial charge in [-0.2, -0.15) is 23.1 Å². The van der Waals surface area contributed by atoms with Crippen LogP contribution >= 0.6 is 23.1 Å². The van der Waals surface area contributed by atoms with Crippen LogP contribution in [0.2, 0.25) is 0 Å². The third-order valence-corrected chi connectivity index (χ3v) is 4.64. The zero-order chi connectivity index (χ0) is 11.8. The summed E-state index contributed by atoms with van der Waals surface area (Å²) in [5.41, 5.74) is 7.26. The Bertz CT molecular complexity index is 565. The molecule has 3 rings (SSSR count). The van der Waals surface area contributed by atoms with E-state index in [1.165, 1.54) is 5.56 Å². The van der Waals surface area contributed by atoms with E-state index in [0.29, 0.717) is 0 Å². The van der Waals surface area contributed by atoms with E-state index in [2.05, 4.69) is 33.1 Å². The number of anilines is 1. The average Bonchev–Trinajstić information content (AvgIpc) is 2.95. The van der Waals surface area contributed by atoms with Gasteiger partial charge in [0.1, 0.15) is 5.82 Å². The molecule has 1 aliphatic rings. The molecule has 4 nitrogen and oxygen atoms in total. The van der Waals surface area contributed by atoms with Crippen molar-refractivity contribution in [1.29, 1.82) is 0 Å². The molecule has 1 aliphatic heterocycles. The van der Waals surface area contributed by atoms with Crippen LogP contribution < -0.4 is 11.3 Å². The van der Waals surface area contributed by atoms with Gasteiger partial charge in [0, 0.05) is 28.0 Å². The van der Waals surface area contributed by atoms with Crippen LogP contribution in [0, 0.1) is 6.92 Å². The Morgan fingerprint density at radius 1 is 1.29 bits per heavy atom. The number of thioether (sulfide) groups is 1. The predicted octanol–water partition coefficient (Wildman–Crippen LogP) is 2.55. The molecule has 3 heterocycles. The van der Waals surface area contributed by atoms with Crippen molar-refractivity contribution >= 4 is 28.9 Å². The molecule has 3 N–H and O–H groups in total. The van der Waals surface area contributed by atoms with Crippen LogP contribution in [0.3, 0.4) is 0 Å². The number of nitrogens with one attached hydrogen (secondary N) is 1. The van der Waals surface area contributed by atoms with Gasteiger partial charge in [-0.1, -0.05) is 0 Å². The summed E-state index contributed by atoms with van der Waals surface area (Å²) < 4.78 is 0. The Morgan fingerprint density at radius 2 is 2.18 bits per heavy atom. The molecule has 0 amide bonds. The van der Waals surface area contributed by atoms with Gasteiger partial charge < -0.3 is 5.43 Å². The number of thiophene rings is 1. The summed E-state index contributed by atoms with van der Waals surface area (Å²) in [7, 11) is 0. The summed E-state index contributed by atoms with van der Waals surface area (Å²) in [6.45, 7) is 2.08. The number of hydrogen-bond acceptors (Lipinski definition) is 6. The second kappa shape index (κ2) is 4.29. The van der Waals surface area contributed by atoms with Crippen LogP contribution in [-0.2, 0) is 11.5 Å². The summed E-state index contributed by atoms with van der Waals surface area (Å²) >= 11 is 3.52. The standard InChI is InChI=1S/C11H12N4S2/c1-6-2-16-3-7(6)10-13-9-5-17-4-8(9)11(14-10)15-12/h2-3H,4-5,12H2,1H3,(H,13,14,15). The molecule has 17 heavy (non-hydrogen) atoms. The molecule has 0 aliphatic carbocycles. The van der Waals surface area contributed by atoms with Crippen LogP contribution in [0.4, 0.5) is 5.82 Å². The fourth-order valence-corrected chi connectivity index (χ4v) is 3.75. The zero-order valence-corrected chi connectivity index (χ0v) is 11.0. The maximum absolute atomic E-state index is 5.54. The Balaban J connectivity index is 2.16. The van der Waals surface area contributed by atoms with Crippen molar-refractivity contribution in [1.82, 2.24) is 9.97 Å². The van der Waals surface area contributed by atoms with Crippen molar-refractivity contribution in [2.24, 2.45) is 5.84 Å². The second-order valence-electron chi connectivity index (χ2n) is 3.93. The molecule has 0 unspecified atom stereocenters. The molecule has 0 bridgehead atoms. The summed E-state index contributed by atoms with van der Waals surface area (Å²) in [5.74, 6) is 8.97. The maximum atomic E-state index is 5.54. The van der Waals surface area contributed by atoms with Gasteiger partial charge in [-0.3, -0.25) is 0 Å². The third-order valence-electron chi connectivity index (χ3n) is 2.81. The molecule has 0 fully saturated rings. The second-order valence-corrected chi connectivity index (χ2v) is 5.66. The van der Waals surface area contributed by atoms with Crippen LogP contribution in [-0.4, -0.2) is 9.97 Å². The quantitative estimate of drug-likeness (QED) is 0.644. The molecule has 0 spiro atoms. The van der Waals surface area contributed by atoms with Gasteiger partial charge in [0.05, 0.1) is 5.69 Å². The highest BCUT2D eigenvalue weighted by Gasteiger charge is 2.20. The van der Waals surface area contributed by atoms with E-state index in [1.807, 2.05) is 11.8 Å². The van der Waals surface area contributed by atoms with Crippen LogP contribution in [0.25, 0.3) is 11.4 Å². The number of nitrogens with two attached hydrogens (primary N) is 1. The smallest absolute Gasteiger partial charge is 0.162 e. The minimum absolute atomic E-state index is 0.764. The van der Waals surface area contributed by atoms with Crippen molar-refractivity contribution in [3.63, 3.8) is 0 Å². The van der Waals surface area contributed by atoms with Crippen LogP contribution in [0.1, 0.15) is 16.8 Å². The lowest BCUT2D eigenvalue weighted by Crippen LogP contribution is -2.12. The number of fused-ring (bicyclic) bond motifs is 1. The minimum atomic E-state index is 0.764. The lowest BCUT2D eigenvalue weighted by Gasteiger charge is -2.08. The molecule has 0 saturated carbocycles. The number of nitrogens with zero attached hydrogens (tertiary/aromatic N) is 2. The molecule has 6 heteroatoms. The summed E-state index contributed by atoms with van der Waals surface area (Å²) in [5, 5.41) is 4.19. The van der Waals surface area contributed by atoms with E-state index in [9.17, 15) is 0 Å². The van der Waals surface area contributed by atoms with Gasteiger partial charge in [-0.05, 0) is 17.9 Å². The molecule has 0 atom stereocenters. The highest BCUT2D eigenvalue weighted by molar-refractivity contribution is 7.98. The van der Waals surface area contributed by atoms with E-state index in [0.717, 1.165) is 40.0 Å². The van der Waals surface area contributed by atoms with E-state index in [1.54, 1.807) is 11.3 Å². The first-order valence-electron chi connectivity index (χ1n) is 5.27. The van der Waals surface area contributed by atoms with Crippen LogP contribution in [0.5, 0.6) is 0 Å². The van der Waals surface area contributed by atoms with Crippen molar-refractivity contribution < 1.29 is 0 Å². The minimum Gasteiger partial charge on any atom is -0.308 e. The summed E-state index contributed by atoms with van der Waals surface area (Å²) in [4.78, 5) is 9.16. The lowest BCUT2D eigenvalue weighted by molar-refractivity contribution is 1.06. The highest BCUT2D eigenvalue weighted by Crippen LogP contribution is 2.35. The zero-order valence-electron chi connectivity index (χ0n) is 9.36. The molecule has 0 aromatic carbocycles. The van der Waals surface area contributed by atoms with Crippen molar-refractivity contribution in [2.45, 2.75) is 18.4 Å².